The molecule has 2 aromatic carbocycles. The molecule has 100 valence electrons. The van der Waals surface area contributed by atoms with Gasteiger partial charge in [0.15, 0.2) is 0 Å². The molecule has 0 saturated carbocycles. The van der Waals surface area contributed by atoms with Gasteiger partial charge < -0.3 is 10.2 Å². The average molecular weight is 340 g/mol. The smallest absolute Gasteiger partial charge is 0.0786 e. The molecule has 2 rings (SSSR count). The Kier molecular flexibility index (Phi) is 4.72. The fraction of sp³-hybridized carbons (Fsp3) is 0.200. The highest BCUT2D eigenvalue weighted by Crippen LogP contribution is 2.32. The second kappa shape index (κ2) is 6.31. The summed E-state index contributed by atoms with van der Waals surface area (Å²) in [4.78, 5) is 2.02. The first-order chi connectivity index (χ1) is 9.08. The van der Waals surface area contributed by atoms with Crippen LogP contribution in [0.4, 0.5) is 11.4 Å². The van der Waals surface area contributed by atoms with Gasteiger partial charge in [0.25, 0.3) is 0 Å². The van der Waals surface area contributed by atoms with E-state index in [2.05, 4.69) is 33.4 Å². The van der Waals surface area contributed by atoms with Crippen molar-refractivity contribution in [2.45, 2.75) is 6.54 Å². The topological polar surface area (TPSA) is 15.3 Å². The average Bonchev–Trinajstić information content (AvgIpc) is 2.37. The minimum absolute atomic E-state index is 0.755. The SMILES string of the molecule is CN(C)c1c(Cl)cccc1NCc1ccc(Br)cc1. The number of halogens is 2. The van der Waals surface area contributed by atoms with Gasteiger partial charge in [-0.15, -0.1) is 0 Å². The Bertz CT molecular complexity index is 553. The first-order valence-electron chi connectivity index (χ1n) is 6.02. The lowest BCUT2D eigenvalue weighted by Gasteiger charge is -2.20. The predicted octanol–water partition coefficient (Wildman–Crippen LogP) is 4.78. The first-order valence-corrected chi connectivity index (χ1v) is 7.19. The summed E-state index contributed by atoms with van der Waals surface area (Å²) >= 11 is 9.68. The normalized spacial score (nSPS) is 10.3. The van der Waals surface area contributed by atoms with Crippen LogP contribution < -0.4 is 10.2 Å². The standard InChI is InChI=1S/C15H16BrClN2/c1-19(2)15-13(17)4-3-5-14(15)18-10-11-6-8-12(16)9-7-11/h3-9,18H,10H2,1-2H3. The van der Waals surface area contributed by atoms with Gasteiger partial charge in [-0.05, 0) is 29.8 Å². The van der Waals surface area contributed by atoms with E-state index in [1.165, 1.54) is 5.56 Å². The largest absolute Gasteiger partial charge is 0.379 e. The maximum absolute atomic E-state index is 6.24. The van der Waals surface area contributed by atoms with Gasteiger partial charge in [0.1, 0.15) is 0 Å². The fourth-order valence-electron chi connectivity index (χ4n) is 1.91. The third kappa shape index (κ3) is 3.64. The van der Waals surface area contributed by atoms with Crippen LogP contribution in [-0.4, -0.2) is 14.1 Å². The van der Waals surface area contributed by atoms with Gasteiger partial charge in [-0.3, -0.25) is 0 Å². The quantitative estimate of drug-likeness (QED) is 0.862. The van der Waals surface area contributed by atoms with E-state index in [1.807, 2.05) is 49.3 Å². The molecule has 4 heteroatoms. The second-order valence-electron chi connectivity index (χ2n) is 4.51. The third-order valence-electron chi connectivity index (χ3n) is 2.83. The summed E-state index contributed by atoms with van der Waals surface area (Å²) in [7, 11) is 3.98. The van der Waals surface area contributed by atoms with E-state index in [9.17, 15) is 0 Å². The molecule has 0 radical (unpaired) electrons. The predicted molar refractivity (Wildman–Crippen MR) is 87.2 cm³/mol. The Balaban J connectivity index is 2.15. The molecule has 0 spiro atoms. The second-order valence-corrected chi connectivity index (χ2v) is 5.83. The molecule has 0 fully saturated rings. The van der Waals surface area contributed by atoms with Crippen molar-refractivity contribution in [1.82, 2.24) is 0 Å². The number of nitrogens with one attached hydrogen (secondary N) is 1. The van der Waals surface area contributed by atoms with Crippen molar-refractivity contribution in [3.05, 3.63) is 57.5 Å². The number of hydrogen-bond acceptors (Lipinski definition) is 2. The van der Waals surface area contributed by atoms with Crippen molar-refractivity contribution in [3.63, 3.8) is 0 Å². The van der Waals surface area contributed by atoms with Gasteiger partial charge in [0.2, 0.25) is 0 Å². The summed E-state index contributed by atoms with van der Waals surface area (Å²) in [6, 6.07) is 14.2. The zero-order valence-corrected chi connectivity index (χ0v) is 13.3. The maximum atomic E-state index is 6.24. The van der Waals surface area contributed by atoms with Gasteiger partial charge in [-0.1, -0.05) is 45.7 Å². The Morgan fingerprint density at radius 2 is 1.79 bits per heavy atom. The van der Waals surface area contributed by atoms with Crippen LogP contribution >= 0.6 is 27.5 Å². The molecule has 0 atom stereocenters. The van der Waals surface area contributed by atoms with Crippen molar-refractivity contribution >= 4 is 38.9 Å². The van der Waals surface area contributed by atoms with E-state index >= 15 is 0 Å². The van der Waals surface area contributed by atoms with Crippen molar-refractivity contribution < 1.29 is 0 Å². The van der Waals surface area contributed by atoms with E-state index in [1.54, 1.807) is 0 Å². The third-order valence-corrected chi connectivity index (χ3v) is 3.66. The number of anilines is 2. The van der Waals surface area contributed by atoms with Crippen LogP contribution in [0.2, 0.25) is 5.02 Å². The molecule has 0 unspecified atom stereocenters. The van der Waals surface area contributed by atoms with Crippen molar-refractivity contribution in [2.24, 2.45) is 0 Å². The van der Waals surface area contributed by atoms with Crippen molar-refractivity contribution in [1.29, 1.82) is 0 Å². The summed E-state index contributed by atoms with van der Waals surface area (Å²) < 4.78 is 1.09. The summed E-state index contributed by atoms with van der Waals surface area (Å²) in [6.45, 7) is 0.772. The van der Waals surface area contributed by atoms with Gasteiger partial charge in [-0.25, -0.2) is 0 Å². The van der Waals surface area contributed by atoms with E-state index in [-0.39, 0.29) is 0 Å². The van der Waals surface area contributed by atoms with Gasteiger partial charge in [-0.2, -0.15) is 0 Å². The Morgan fingerprint density at radius 3 is 2.42 bits per heavy atom. The molecule has 1 N–H and O–H groups in total. The molecule has 0 amide bonds. The van der Waals surface area contributed by atoms with Crippen LogP contribution in [0.25, 0.3) is 0 Å². The highest BCUT2D eigenvalue weighted by Gasteiger charge is 2.08. The molecule has 0 aliphatic rings. The molecule has 0 aliphatic carbocycles. The number of rotatable bonds is 4. The first kappa shape index (κ1) is 14.2. The van der Waals surface area contributed by atoms with Crippen molar-refractivity contribution in [2.75, 3.05) is 24.3 Å². The Morgan fingerprint density at radius 1 is 1.11 bits per heavy atom. The molecule has 0 heterocycles. The Hall–Kier alpha value is -1.19. The summed E-state index contributed by atoms with van der Waals surface area (Å²) in [5.74, 6) is 0. The minimum atomic E-state index is 0.755. The number of para-hydroxylation sites is 1. The Labute approximate surface area is 127 Å². The van der Waals surface area contributed by atoms with Crippen LogP contribution in [0.15, 0.2) is 46.9 Å². The van der Waals surface area contributed by atoms with Gasteiger partial charge in [0.05, 0.1) is 16.4 Å². The molecule has 2 nitrogen and oxygen atoms in total. The van der Waals surface area contributed by atoms with Crippen LogP contribution in [0.5, 0.6) is 0 Å². The molecule has 19 heavy (non-hydrogen) atoms. The summed E-state index contributed by atoms with van der Waals surface area (Å²) in [5.41, 5.74) is 3.29. The summed E-state index contributed by atoms with van der Waals surface area (Å²) in [6.07, 6.45) is 0. The number of hydrogen-bond donors (Lipinski definition) is 1. The highest BCUT2D eigenvalue weighted by molar-refractivity contribution is 9.10. The van der Waals surface area contributed by atoms with Crippen LogP contribution in [0.1, 0.15) is 5.56 Å². The monoisotopic (exact) mass is 338 g/mol. The number of benzene rings is 2. The lowest BCUT2D eigenvalue weighted by atomic mass is 10.2. The van der Waals surface area contributed by atoms with Crippen molar-refractivity contribution in [3.8, 4) is 0 Å². The molecule has 0 saturated heterocycles. The zero-order chi connectivity index (χ0) is 13.8. The molecule has 0 aromatic heterocycles. The van der Waals surface area contributed by atoms with Gasteiger partial charge >= 0.3 is 0 Å². The molecule has 0 bridgehead atoms. The van der Waals surface area contributed by atoms with E-state index in [0.717, 1.165) is 27.4 Å². The lowest BCUT2D eigenvalue weighted by Crippen LogP contribution is -2.12. The van der Waals surface area contributed by atoms with Crippen LogP contribution in [0, 0.1) is 0 Å². The molecular formula is C15H16BrClN2. The maximum Gasteiger partial charge on any atom is 0.0786 e. The molecule has 0 aliphatic heterocycles. The van der Waals surface area contributed by atoms with Crippen LogP contribution in [-0.2, 0) is 6.54 Å². The zero-order valence-electron chi connectivity index (χ0n) is 11.0. The molecule has 2 aromatic rings. The molecular weight excluding hydrogens is 324 g/mol. The van der Waals surface area contributed by atoms with E-state index in [4.69, 9.17) is 11.6 Å². The van der Waals surface area contributed by atoms with Gasteiger partial charge in [0, 0.05) is 25.1 Å². The lowest BCUT2D eigenvalue weighted by molar-refractivity contribution is 1.10. The minimum Gasteiger partial charge on any atom is -0.379 e. The fourth-order valence-corrected chi connectivity index (χ4v) is 2.52. The highest BCUT2D eigenvalue weighted by atomic mass is 79.9. The number of nitrogens with zero attached hydrogens (tertiary/aromatic N) is 1. The van der Waals surface area contributed by atoms with E-state index in [0.29, 0.717) is 0 Å². The van der Waals surface area contributed by atoms with E-state index < -0.39 is 0 Å². The van der Waals surface area contributed by atoms with Crippen LogP contribution in [0.3, 0.4) is 0 Å². The summed E-state index contributed by atoms with van der Waals surface area (Å²) in [5, 5.41) is 4.19.